The number of nitrogens with zero attached hydrogens (tertiary/aromatic N) is 3. The quantitative estimate of drug-likeness (QED) is 0.478. The van der Waals surface area contributed by atoms with E-state index in [0.717, 1.165) is 39.5 Å². The summed E-state index contributed by atoms with van der Waals surface area (Å²) in [4.78, 5) is 20.1. The van der Waals surface area contributed by atoms with Crippen LogP contribution in [0.15, 0.2) is 52.0 Å². The Morgan fingerprint density at radius 3 is 2.85 bits per heavy atom. The molecule has 6 heteroatoms. The molecule has 0 aliphatic carbocycles. The van der Waals surface area contributed by atoms with Crippen molar-refractivity contribution < 1.29 is 0 Å². The van der Waals surface area contributed by atoms with Gasteiger partial charge in [-0.3, -0.25) is 9.36 Å². The van der Waals surface area contributed by atoms with Gasteiger partial charge in [0.25, 0.3) is 5.56 Å². The van der Waals surface area contributed by atoms with E-state index >= 15 is 0 Å². The van der Waals surface area contributed by atoms with Crippen molar-refractivity contribution in [3.8, 4) is 16.5 Å². The van der Waals surface area contributed by atoms with Crippen LogP contribution in [0.25, 0.3) is 20.7 Å². The highest BCUT2D eigenvalue weighted by Gasteiger charge is 2.17. The van der Waals surface area contributed by atoms with Crippen molar-refractivity contribution in [2.45, 2.75) is 26.3 Å². The SMILES string of the molecule is CCCc1nc2scc(-c3cccs3)c2c(=O)n1Cc1cccc(C#N)c1. The number of aromatic nitrogens is 2. The standard InChI is InChI=1S/C21H17N3OS2/c1-2-5-18-23-20-19(16(13-27-20)17-8-4-9-26-17)21(25)24(18)12-15-7-3-6-14(10-15)11-22/h3-4,6-10,13H,2,5,12H2,1H3. The molecule has 1 aromatic carbocycles. The average molecular weight is 392 g/mol. The monoisotopic (exact) mass is 391 g/mol. The largest absolute Gasteiger partial charge is 0.292 e. The molecule has 0 spiro atoms. The fourth-order valence-corrected chi connectivity index (χ4v) is 4.95. The zero-order chi connectivity index (χ0) is 18.8. The first-order chi connectivity index (χ1) is 13.2. The maximum absolute atomic E-state index is 13.4. The van der Waals surface area contributed by atoms with Crippen LogP contribution in [0.1, 0.15) is 30.3 Å². The second-order valence-corrected chi connectivity index (χ2v) is 8.09. The topological polar surface area (TPSA) is 58.7 Å². The normalized spacial score (nSPS) is 11.0. The lowest BCUT2D eigenvalue weighted by Gasteiger charge is -2.12. The Bertz CT molecular complexity index is 1200. The predicted octanol–water partition coefficient (Wildman–Crippen LogP) is 5.06. The van der Waals surface area contributed by atoms with Crippen LogP contribution in [0, 0.1) is 11.3 Å². The summed E-state index contributed by atoms with van der Waals surface area (Å²) in [6, 6.07) is 13.6. The van der Waals surface area contributed by atoms with Gasteiger partial charge in [-0.15, -0.1) is 22.7 Å². The second kappa shape index (κ2) is 7.47. The maximum Gasteiger partial charge on any atom is 0.263 e. The van der Waals surface area contributed by atoms with Crippen LogP contribution in [-0.4, -0.2) is 9.55 Å². The Balaban J connectivity index is 1.90. The molecule has 0 amide bonds. The molecule has 0 saturated heterocycles. The van der Waals surface area contributed by atoms with Crippen molar-refractivity contribution in [1.82, 2.24) is 9.55 Å². The van der Waals surface area contributed by atoms with Crippen LogP contribution >= 0.6 is 22.7 Å². The second-order valence-electron chi connectivity index (χ2n) is 6.29. The van der Waals surface area contributed by atoms with Gasteiger partial charge in [-0.1, -0.05) is 25.1 Å². The molecule has 4 nitrogen and oxygen atoms in total. The van der Waals surface area contributed by atoms with Crippen molar-refractivity contribution >= 4 is 32.9 Å². The molecule has 0 radical (unpaired) electrons. The molecule has 4 aromatic rings. The first kappa shape index (κ1) is 17.7. The molecule has 0 N–H and O–H groups in total. The van der Waals surface area contributed by atoms with Crippen LogP contribution in [-0.2, 0) is 13.0 Å². The molecule has 0 atom stereocenters. The number of fused-ring (bicyclic) bond motifs is 1. The molecule has 3 heterocycles. The zero-order valence-electron chi connectivity index (χ0n) is 14.8. The van der Waals surface area contributed by atoms with E-state index in [0.29, 0.717) is 17.5 Å². The highest BCUT2D eigenvalue weighted by atomic mass is 32.1. The number of hydrogen-bond acceptors (Lipinski definition) is 5. The molecule has 0 bridgehead atoms. The van der Waals surface area contributed by atoms with Crippen molar-refractivity contribution in [3.05, 3.63) is 74.5 Å². The van der Waals surface area contributed by atoms with E-state index in [4.69, 9.17) is 10.2 Å². The Morgan fingerprint density at radius 1 is 1.22 bits per heavy atom. The highest BCUT2D eigenvalue weighted by molar-refractivity contribution is 7.18. The van der Waals surface area contributed by atoms with E-state index in [1.807, 2.05) is 41.1 Å². The fourth-order valence-electron chi connectivity index (χ4n) is 3.18. The summed E-state index contributed by atoms with van der Waals surface area (Å²) in [5, 5.41) is 13.9. The van der Waals surface area contributed by atoms with Crippen LogP contribution < -0.4 is 5.56 Å². The molecular weight excluding hydrogens is 374 g/mol. The van der Waals surface area contributed by atoms with Crippen LogP contribution in [0.2, 0.25) is 0 Å². The maximum atomic E-state index is 13.4. The molecule has 0 saturated carbocycles. The Labute approximate surface area is 165 Å². The summed E-state index contributed by atoms with van der Waals surface area (Å²) in [6.07, 6.45) is 1.66. The average Bonchev–Trinajstić information content (AvgIpc) is 3.34. The lowest BCUT2D eigenvalue weighted by atomic mass is 10.1. The van der Waals surface area contributed by atoms with Crippen molar-refractivity contribution in [2.75, 3.05) is 0 Å². The molecule has 0 unspecified atom stereocenters. The number of aryl methyl sites for hydroxylation is 1. The van der Waals surface area contributed by atoms with Gasteiger partial charge in [0.15, 0.2) is 0 Å². The van der Waals surface area contributed by atoms with Gasteiger partial charge in [0.05, 0.1) is 23.6 Å². The number of hydrogen-bond donors (Lipinski definition) is 0. The predicted molar refractivity (Wildman–Crippen MR) is 111 cm³/mol. The Hall–Kier alpha value is -2.75. The van der Waals surface area contributed by atoms with Crippen molar-refractivity contribution in [1.29, 1.82) is 5.26 Å². The molecule has 27 heavy (non-hydrogen) atoms. The van der Waals surface area contributed by atoms with Crippen molar-refractivity contribution in [3.63, 3.8) is 0 Å². The number of nitriles is 1. The van der Waals surface area contributed by atoms with Gasteiger partial charge in [-0.2, -0.15) is 5.26 Å². The third kappa shape index (κ3) is 3.32. The minimum atomic E-state index is -0.00420. The minimum Gasteiger partial charge on any atom is -0.292 e. The smallest absolute Gasteiger partial charge is 0.263 e. The molecule has 0 aliphatic rings. The van der Waals surface area contributed by atoms with Gasteiger partial charge in [0.1, 0.15) is 10.7 Å². The Morgan fingerprint density at radius 2 is 2.11 bits per heavy atom. The molecule has 3 aromatic heterocycles. The fraction of sp³-hybridized carbons (Fsp3) is 0.190. The first-order valence-corrected chi connectivity index (χ1v) is 10.5. The summed E-state index contributed by atoms with van der Waals surface area (Å²) < 4.78 is 1.77. The molecule has 134 valence electrons. The van der Waals surface area contributed by atoms with E-state index in [-0.39, 0.29) is 5.56 Å². The first-order valence-electron chi connectivity index (χ1n) is 8.75. The lowest BCUT2D eigenvalue weighted by Crippen LogP contribution is -2.25. The van der Waals surface area contributed by atoms with Gasteiger partial charge < -0.3 is 0 Å². The third-order valence-corrected chi connectivity index (χ3v) is 6.21. The molecular formula is C21H17N3OS2. The lowest BCUT2D eigenvalue weighted by molar-refractivity contribution is 0.666. The highest BCUT2D eigenvalue weighted by Crippen LogP contribution is 2.33. The molecule has 0 fully saturated rings. The van der Waals surface area contributed by atoms with E-state index < -0.39 is 0 Å². The van der Waals surface area contributed by atoms with Gasteiger partial charge >= 0.3 is 0 Å². The number of thiophene rings is 2. The van der Waals surface area contributed by atoms with Gasteiger partial charge in [0, 0.05) is 22.2 Å². The van der Waals surface area contributed by atoms with Gasteiger partial charge in [0.2, 0.25) is 0 Å². The summed E-state index contributed by atoms with van der Waals surface area (Å²) >= 11 is 3.15. The van der Waals surface area contributed by atoms with Crippen LogP contribution in [0.3, 0.4) is 0 Å². The van der Waals surface area contributed by atoms with E-state index in [2.05, 4.69) is 13.0 Å². The van der Waals surface area contributed by atoms with E-state index in [1.54, 1.807) is 22.0 Å². The Kier molecular flexibility index (Phi) is 4.88. The zero-order valence-corrected chi connectivity index (χ0v) is 16.4. The van der Waals surface area contributed by atoms with Crippen LogP contribution in [0.4, 0.5) is 0 Å². The van der Waals surface area contributed by atoms with Gasteiger partial charge in [-0.05, 0) is 35.6 Å². The van der Waals surface area contributed by atoms with E-state index in [9.17, 15) is 4.79 Å². The number of rotatable bonds is 5. The summed E-state index contributed by atoms with van der Waals surface area (Å²) in [6.45, 7) is 2.51. The third-order valence-electron chi connectivity index (χ3n) is 4.43. The number of benzene rings is 1. The summed E-state index contributed by atoms with van der Waals surface area (Å²) in [5.74, 6) is 0.803. The van der Waals surface area contributed by atoms with Crippen molar-refractivity contribution in [2.24, 2.45) is 0 Å². The summed E-state index contributed by atoms with van der Waals surface area (Å²) in [5.41, 5.74) is 2.49. The summed E-state index contributed by atoms with van der Waals surface area (Å²) in [7, 11) is 0. The van der Waals surface area contributed by atoms with E-state index in [1.165, 1.54) is 11.3 Å². The minimum absolute atomic E-state index is 0.00420. The molecule has 0 aliphatic heterocycles. The van der Waals surface area contributed by atoms with Gasteiger partial charge in [-0.25, -0.2) is 4.98 Å². The van der Waals surface area contributed by atoms with Crippen LogP contribution in [0.5, 0.6) is 0 Å². The molecule has 4 rings (SSSR count).